The van der Waals surface area contributed by atoms with Crippen LogP contribution in [0.4, 0.5) is 34.1 Å². The van der Waals surface area contributed by atoms with E-state index in [-0.39, 0.29) is 0 Å². The molecular formula is C57H38N2. The van der Waals surface area contributed by atoms with Crippen molar-refractivity contribution in [3.8, 4) is 22.3 Å². The fraction of sp³-hybridized carbons (Fsp3) is 0.0175. The van der Waals surface area contributed by atoms with Crippen LogP contribution in [0.5, 0.6) is 0 Å². The summed E-state index contributed by atoms with van der Waals surface area (Å²) in [5.74, 6) is 0. The summed E-state index contributed by atoms with van der Waals surface area (Å²) in [6.07, 6.45) is 0. The summed E-state index contributed by atoms with van der Waals surface area (Å²) in [5, 5.41) is 4.89. The average Bonchev–Trinajstić information content (AvgIpc) is 3.77. The van der Waals surface area contributed by atoms with E-state index in [4.69, 9.17) is 0 Å². The number of hydrogen-bond donors (Lipinski definition) is 0. The van der Waals surface area contributed by atoms with Crippen LogP contribution in [0.15, 0.2) is 231 Å². The van der Waals surface area contributed by atoms with Crippen LogP contribution in [0, 0.1) is 0 Å². The first-order valence-electron chi connectivity index (χ1n) is 20.4. The number of hydrogen-bond acceptors (Lipinski definition) is 2. The summed E-state index contributed by atoms with van der Waals surface area (Å²) in [5.41, 5.74) is 16.6. The quantitative estimate of drug-likeness (QED) is 0.167. The zero-order valence-corrected chi connectivity index (χ0v) is 32.3. The van der Waals surface area contributed by atoms with Gasteiger partial charge in [-0.25, -0.2) is 0 Å². The SMILES string of the molecule is c1ccc(N(c2ccccc2)c2ccc3c(c2)C2(c4ccccc4-c4ccccc42)c2cc(N(c4ccc5ccccc5c4)c4ccc5ccccc5c4)ccc2-3)cc1. The van der Waals surface area contributed by atoms with Crippen molar-refractivity contribution in [2.24, 2.45) is 0 Å². The van der Waals surface area contributed by atoms with Crippen LogP contribution >= 0.6 is 0 Å². The van der Waals surface area contributed by atoms with Gasteiger partial charge in [0.05, 0.1) is 5.41 Å². The highest BCUT2D eigenvalue weighted by atomic mass is 15.1. The van der Waals surface area contributed by atoms with Gasteiger partial charge in [-0.1, -0.05) is 158 Å². The largest absolute Gasteiger partial charge is 0.310 e. The Morgan fingerprint density at radius 3 is 1.03 bits per heavy atom. The molecule has 0 amide bonds. The molecule has 0 aliphatic heterocycles. The fourth-order valence-corrected chi connectivity index (χ4v) is 10.1. The van der Waals surface area contributed by atoms with E-state index in [9.17, 15) is 0 Å². The first kappa shape index (κ1) is 33.5. The predicted octanol–water partition coefficient (Wildman–Crippen LogP) is 15.3. The Labute approximate surface area is 344 Å². The van der Waals surface area contributed by atoms with Gasteiger partial charge < -0.3 is 9.80 Å². The molecule has 0 fully saturated rings. The molecular weight excluding hydrogens is 713 g/mol. The molecule has 0 atom stereocenters. The van der Waals surface area contributed by atoms with Gasteiger partial charge in [0, 0.05) is 34.1 Å². The summed E-state index contributed by atoms with van der Waals surface area (Å²) in [6.45, 7) is 0. The zero-order chi connectivity index (χ0) is 38.9. The molecule has 2 aliphatic carbocycles. The van der Waals surface area contributed by atoms with Gasteiger partial charge in [0.15, 0.2) is 0 Å². The second kappa shape index (κ2) is 13.2. The van der Waals surface area contributed by atoms with E-state index in [1.807, 2.05) is 0 Å². The van der Waals surface area contributed by atoms with Crippen LogP contribution in [-0.2, 0) is 5.41 Å². The molecule has 59 heavy (non-hydrogen) atoms. The van der Waals surface area contributed by atoms with Gasteiger partial charge in [0.1, 0.15) is 0 Å². The lowest BCUT2D eigenvalue weighted by molar-refractivity contribution is 0.793. The van der Waals surface area contributed by atoms with Crippen LogP contribution in [0.25, 0.3) is 43.8 Å². The summed E-state index contributed by atoms with van der Waals surface area (Å²) < 4.78 is 0. The van der Waals surface area contributed by atoms with Crippen molar-refractivity contribution in [3.05, 3.63) is 253 Å². The number of rotatable bonds is 6. The van der Waals surface area contributed by atoms with Crippen molar-refractivity contribution >= 4 is 55.7 Å². The number of fused-ring (bicyclic) bond motifs is 12. The molecule has 1 spiro atoms. The highest BCUT2D eigenvalue weighted by Gasteiger charge is 2.52. The van der Waals surface area contributed by atoms with Crippen molar-refractivity contribution in [3.63, 3.8) is 0 Å². The predicted molar refractivity (Wildman–Crippen MR) is 247 cm³/mol. The molecule has 2 nitrogen and oxygen atoms in total. The maximum atomic E-state index is 2.49. The Morgan fingerprint density at radius 2 is 0.559 bits per heavy atom. The van der Waals surface area contributed by atoms with E-state index >= 15 is 0 Å². The van der Waals surface area contributed by atoms with E-state index in [0.717, 1.165) is 34.1 Å². The molecule has 0 radical (unpaired) electrons. The number of benzene rings is 10. The van der Waals surface area contributed by atoms with Crippen LogP contribution in [0.1, 0.15) is 22.3 Å². The van der Waals surface area contributed by atoms with Crippen molar-refractivity contribution in [2.45, 2.75) is 5.41 Å². The maximum Gasteiger partial charge on any atom is 0.0727 e. The van der Waals surface area contributed by atoms with E-state index in [1.54, 1.807) is 0 Å². The van der Waals surface area contributed by atoms with E-state index < -0.39 is 5.41 Å². The molecule has 0 saturated carbocycles. The van der Waals surface area contributed by atoms with Gasteiger partial charge in [-0.3, -0.25) is 0 Å². The minimum Gasteiger partial charge on any atom is -0.310 e. The standard InChI is InChI=1S/C57H38N2/c1-3-19-43(20-4-1)58(44-21-5-2-6-22-44)47-31-33-51-52-34-32-48(38-56(52)57(55(51)37-47)53-25-13-11-23-49(53)50-24-12-14-26-54(50)57)59(45-29-27-39-15-7-9-17-41(39)35-45)46-30-28-40-16-8-10-18-42(40)36-46/h1-38H. The summed E-state index contributed by atoms with van der Waals surface area (Å²) in [7, 11) is 0. The number of nitrogens with zero attached hydrogens (tertiary/aromatic N) is 2. The van der Waals surface area contributed by atoms with Crippen LogP contribution in [0.3, 0.4) is 0 Å². The first-order valence-corrected chi connectivity index (χ1v) is 20.4. The van der Waals surface area contributed by atoms with Gasteiger partial charge in [-0.15, -0.1) is 0 Å². The lowest BCUT2D eigenvalue weighted by Crippen LogP contribution is -2.26. The van der Waals surface area contributed by atoms with Gasteiger partial charge in [-0.05, 0) is 139 Å². The van der Waals surface area contributed by atoms with E-state index in [2.05, 4.69) is 240 Å². The van der Waals surface area contributed by atoms with E-state index in [1.165, 1.54) is 66.1 Å². The molecule has 10 aromatic carbocycles. The molecule has 0 unspecified atom stereocenters. The molecule has 0 saturated heterocycles. The normalized spacial score (nSPS) is 12.9. The summed E-state index contributed by atoms with van der Waals surface area (Å²) in [6, 6.07) is 84.9. The van der Waals surface area contributed by atoms with Crippen molar-refractivity contribution in [1.29, 1.82) is 0 Å². The Balaban J connectivity index is 1.13. The Hall–Kier alpha value is -7.68. The third-order valence-corrected chi connectivity index (χ3v) is 12.6. The van der Waals surface area contributed by atoms with Crippen molar-refractivity contribution in [1.82, 2.24) is 0 Å². The number of para-hydroxylation sites is 2. The monoisotopic (exact) mass is 750 g/mol. The molecule has 0 bridgehead atoms. The molecule has 0 N–H and O–H groups in total. The topological polar surface area (TPSA) is 6.48 Å². The highest BCUT2D eigenvalue weighted by molar-refractivity contribution is 5.99. The molecule has 12 rings (SSSR count). The number of anilines is 6. The fourth-order valence-electron chi connectivity index (χ4n) is 10.1. The second-order valence-corrected chi connectivity index (χ2v) is 15.7. The van der Waals surface area contributed by atoms with Gasteiger partial charge in [0.25, 0.3) is 0 Å². The van der Waals surface area contributed by atoms with Gasteiger partial charge in [-0.2, -0.15) is 0 Å². The minimum atomic E-state index is -0.540. The zero-order valence-electron chi connectivity index (χ0n) is 32.3. The molecule has 2 aliphatic rings. The van der Waals surface area contributed by atoms with Crippen LogP contribution in [0.2, 0.25) is 0 Å². The van der Waals surface area contributed by atoms with Crippen molar-refractivity contribution in [2.75, 3.05) is 9.80 Å². The summed E-state index contributed by atoms with van der Waals surface area (Å²) >= 11 is 0. The molecule has 0 aromatic heterocycles. The van der Waals surface area contributed by atoms with Crippen molar-refractivity contribution < 1.29 is 0 Å². The molecule has 276 valence electrons. The average molecular weight is 751 g/mol. The minimum absolute atomic E-state index is 0.540. The Bertz CT molecular complexity index is 3070. The Kier molecular flexibility index (Phi) is 7.48. The second-order valence-electron chi connectivity index (χ2n) is 15.7. The Morgan fingerprint density at radius 1 is 0.220 bits per heavy atom. The molecule has 0 heterocycles. The van der Waals surface area contributed by atoms with Gasteiger partial charge in [0.2, 0.25) is 0 Å². The lowest BCUT2D eigenvalue weighted by atomic mass is 9.70. The van der Waals surface area contributed by atoms with Crippen LogP contribution in [-0.4, -0.2) is 0 Å². The van der Waals surface area contributed by atoms with Gasteiger partial charge >= 0.3 is 0 Å². The maximum absolute atomic E-state index is 2.49. The molecule has 2 heteroatoms. The van der Waals surface area contributed by atoms with Crippen LogP contribution < -0.4 is 9.80 Å². The van der Waals surface area contributed by atoms with E-state index in [0.29, 0.717) is 0 Å². The first-order chi connectivity index (χ1) is 29.3. The molecule has 10 aromatic rings. The third-order valence-electron chi connectivity index (χ3n) is 12.6. The third kappa shape index (κ3) is 5.06. The highest BCUT2D eigenvalue weighted by Crippen LogP contribution is 2.64. The lowest BCUT2D eigenvalue weighted by Gasteiger charge is -2.33. The smallest absolute Gasteiger partial charge is 0.0727 e. The summed E-state index contributed by atoms with van der Waals surface area (Å²) in [4.78, 5) is 4.83.